The number of hydrogen-bond acceptors (Lipinski definition) is 5. The molecule has 136 valence electrons. The Morgan fingerprint density at radius 2 is 1.81 bits per heavy atom. The average molecular weight is 403 g/mol. The van der Waals surface area contributed by atoms with Crippen molar-refractivity contribution in [3.05, 3.63) is 71.2 Å². The third-order valence-corrected chi connectivity index (χ3v) is 5.09. The van der Waals surface area contributed by atoms with Crippen molar-refractivity contribution in [3.63, 3.8) is 0 Å². The zero-order valence-corrected chi connectivity index (χ0v) is 15.3. The Morgan fingerprint density at radius 1 is 1.11 bits per heavy atom. The van der Waals surface area contributed by atoms with Gasteiger partial charge in [0, 0.05) is 22.0 Å². The predicted molar refractivity (Wildman–Crippen MR) is 103 cm³/mol. The molecule has 0 aliphatic rings. The topological polar surface area (TPSA) is 48.7 Å². The second kappa shape index (κ2) is 8.29. The molecule has 0 saturated heterocycles. The first-order valence-electron chi connectivity index (χ1n) is 7.69. The summed E-state index contributed by atoms with van der Waals surface area (Å²) in [6, 6.07) is 17.6. The number of thioether (sulfide) groups is 1. The van der Waals surface area contributed by atoms with E-state index in [0.717, 1.165) is 11.3 Å². The van der Waals surface area contributed by atoms with E-state index in [1.54, 1.807) is 6.07 Å². The minimum absolute atomic E-state index is 0.0302. The molecule has 0 aliphatic carbocycles. The van der Waals surface area contributed by atoms with Crippen molar-refractivity contribution in [3.8, 4) is 17.3 Å². The van der Waals surface area contributed by atoms with Gasteiger partial charge in [-0.05, 0) is 23.9 Å². The molecule has 0 saturated carbocycles. The van der Waals surface area contributed by atoms with Crippen LogP contribution in [0.3, 0.4) is 0 Å². The Bertz CT molecular complexity index is 989. The molecule has 3 rings (SSSR count). The highest BCUT2D eigenvalue weighted by atomic mass is 32.2. The van der Waals surface area contributed by atoms with E-state index in [-0.39, 0.29) is 27.9 Å². The number of nitriles is 1. The summed E-state index contributed by atoms with van der Waals surface area (Å²) in [7, 11) is 0. The van der Waals surface area contributed by atoms with Gasteiger partial charge >= 0.3 is 5.51 Å². The summed E-state index contributed by atoms with van der Waals surface area (Å²) >= 11 is 1.10. The van der Waals surface area contributed by atoms with E-state index in [9.17, 15) is 18.4 Å². The van der Waals surface area contributed by atoms with E-state index in [4.69, 9.17) is 0 Å². The van der Waals surface area contributed by atoms with E-state index in [1.807, 2.05) is 41.8 Å². The molecule has 3 aromatic rings. The molecule has 0 atom stereocenters. The molecule has 0 bridgehead atoms. The molecule has 2 aromatic carbocycles. The zero-order valence-electron chi connectivity index (χ0n) is 13.7. The van der Waals surface area contributed by atoms with Crippen molar-refractivity contribution in [2.45, 2.75) is 10.4 Å². The number of halogens is 3. The van der Waals surface area contributed by atoms with Crippen molar-refractivity contribution in [1.82, 2.24) is 4.98 Å². The SMILES string of the molecule is N#C/C(=C\Nc1ccccc1SC(F)(F)F)c1nc(-c2ccccc2)cs1. The Morgan fingerprint density at radius 3 is 2.52 bits per heavy atom. The molecule has 0 radical (unpaired) electrons. The number of allylic oxidation sites excluding steroid dienone is 1. The highest BCUT2D eigenvalue weighted by molar-refractivity contribution is 8.00. The van der Waals surface area contributed by atoms with E-state index in [2.05, 4.69) is 10.3 Å². The van der Waals surface area contributed by atoms with Gasteiger partial charge in [0.05, 0.1) is 11.4 Å². The van der Waals surface area contributed by atoms with E-state index in [1.165, 1.54) is 35.7 Å². The van der Waals surface area contributed by atoms with Gasteiger partial charge in [-0.15, -0.1) is 11.3 Å². The number of nitrogens with zero attached hydrogens (tertiary/aromatic N) is 2. The molecule has 3 nitrogen and oxygen atoms in total. The number of thiazole rings is 1. The first kappa shape index (κ1) is 19.0. The molecule has 8 heteroatoms. The summed E-state index contributed by atoms with van der Waals surface area (Å²) in [5.74, 6) is 0. The summed E-state index contributed by atoms with van der Waals surface area (Å²) in [6.45, 7) is 0. The van der Waals surface area contributed by atoms with Crippen LogP contribution in [-0.4, -0.2) is 10.5 Å². The van der Waals surface area contributed by atoms with Gasteiger partial charge in [-0.1, -0.05) is 42.5 Å². The average Bonchev–Trinajstić information content (AvgIpc) is 3.13. The van der Waals surface area contributed by atoms with Crippen molar-refractivity contribution in [2.24, 2.45) is 0 Å². The van der Waals surface area contributed by atoms with Crippen LogP contribution in [0.15, 0.2) is 71.1 Å². The lowest BCUT2D eigenvalue weighted by Crippen LogP contribution is -2.01. The lowest BCUT2D eigenvalue weighted by atomic mass is 10.2. The van der Waals surface area contributed by atoms with Gasteiger partial charge in [-0.25, -0.2) is 4.98 Å². The van der Waals surface area contributed by atoms with Crippen LogP contribution < -0.4 is 5.32 Å². The minimum Gasteiger partial charge on any atom is -0.359 e. The largest absolute Gasteiger partial charge is 0.446 e. The number of alkyl halides is 3. The highest BCUT2D eigenvalue weighted by Crippen LogP contribution is 2.40. The van der Waals surface area contributed by atoms with Crippen LogP contribution in [0.2, 0.25) is 0 Å². The monoisotopic (exact) mass is 403 g/mol. The van der Waals surface area contributed by atoms with E-state index < -0.39 is 5.51 Å². The summed E-state index contributed by atoms with van der Waals surface area (Å²) < 4.78 is 38.0. The fourth-order valence-electron chi connectivity index (χ4n) is 2.23. The lowest BCUT2D eigenvalue weighted by Gasteiger charge is -2.10. The molecule has 0 amide bonds. The summed E-state index contributed by atoms with van der Waals surface area (Å²) in [5.41, 5.74) is -2.21. The molecule has 1 heterocycles. The van der Waals surface area contributed by atoms with Gasteiger partial charge in [-0.2, -0.15) is 18.4 Å². The summed E-state index contributed by atoms with van der Waals surface area (Å²) in [6.07, 6.45) is 1.38. The van der Waals surface area contributed by atoms with Gasteiger partial charge in [0.25, 0.3) is 0 Å². The summed E-state index contributed by atoms with van der Waals surface area (Å²) in [5, 5.41) is 14.5. The van der Waals surface area contributed by atoms with Crippen LogP contribution in [0.1, 0.15) is 5.01 Å². The number of hydrogen-bond donors (Lipinski definition) is 1. The standard InChI is InChI=1S/C19H12F3N3S2/c20-19(21,22)27-17-9-5-4-8-15(17)24-11-14(10-23)18-25-16(12-26-18)13-6-2-1-3-7-13/h1-9,11-12,24H/b14-11+. The number of para-hydroxylation sites is 1. The maximum absolute atomic E-state index is 12.7. The lowest BCUT2D eigenvalue weighted by molar-refractivity contribution is -0.0327. The smallest absolute Gasteiger partial charge is 0.359 e. The van der Waals surface area contributed by atoms with Crippen LogP contribution in [0.4, 0.5) is 18.9 Å². The first-order chi connectivity index (χ1) is 13.0. The third-order valence-electron chi connectivity index (χ3n) is 3.41. The zero-order chi connectivity index (χ0) is 19.3. The molecule has 0 aliphatic heterocycles. The molecule has 0 fully saturated rings. The second-order valence-corrected chi connectivity index (χ2v) is 7.23. The quantitative estimate of drug-likeness (QED) is 0.396. The number of rotatable bonds is 5. The van der Waals surface area contributed by atoms with Crippen LogP contribution in [0.5, 0.6) is 0 Å². The molecule has 0 unspecified atom stereocenters. The first-order valence-corrected chi connectivity index (χ1v) is 9.39. The van der Waals surface area contributed by atoms with Crippen LogP contribution in [0.25, 0.3) is 16.8 Å². The third kappa shape index (κ3) is 5.12. The van der Waals surface area contributed by atoms with Gasteiger partial charge < -0.3 is 5.32 Å². The van der Waals surface area contributed by atoms with Crippen molar-refractivity contribution < 1.29 is 13.2 Å². The van der Waals surface area contributed by atoms with Gasteiger partial charge in [-0.3, -0.25) is 0 Å². The van der Waals surface area contributed by atoms with E-state index in [0.29, 0.717) is 5.01 Å². The molecular formula is C19H12F3N3S2. The fourth-order valence-corrected chi connectivity index (χ4v) is 3.66. The van der Waals surface area contributed by atoms with Crippen LogP contribution in [-0.2, 0) is 0 Å². The second-order valence-electron chi connectivity index (χ2n) is 5.26. The minimum atomic E-state index is -4.39. The molecule has 1 N–H and O–H groups in total. The molecule has 1 aromatic heterocycles. The van der Waals surface area contributed by atoms with E-state index >= 15 is 0 Å². The molecule has 27 heavy (non-hydrogen) atoms. The number of anilines is 1. The van der Waals surface area contributed by atoms with Crippen molar-refractivity contribution >= 4 is 34.4 Å². The van der Waals surface area contributed by atoms with Crippen molar-refractivity contribution in [1.29, 1.82) is 5.26 Å². The maximum Gasteiger partial charge on any atom is 0.446 e. The van der Waals surface area contributed by atoms with Crippen LogP contribution >= 0.6 is 23.1 Å². The Labute approximate surface area is 162 Å². The fraction of sp³-hybridized carbons (Fsp3) is 0.0526. The van der Waals surface area contributed by atoms with Crippen molar-refractivity contribution in [2.75, 3.05) is 5.32 Å². The Kier molecular flexibility index (Phi) is 5.84. The van der Waals surface area contributed by atoms with Crippen LogP contribution in [0, 0.1) is 11.3 Å². The normalized spacial score (nSPS) is 11.9. The molecule has 0 spiro atoms. The number of benzene rings is 2. The number of nitrogens with one attached hydrogen (secondary N) is 1. The Hall–Kier alpha value is -2.76. The summed E-state index contributed by atoms with van der Waals surface area (Å²) in [4.78, 5) is 4.48. The highest BCUT2D eigenvalue weighted by Gasteiger charge is 2.30. The predicted octanol–water partition coefficient (Wildman–Crippen LogP) is 6.40. The van der Waals surface area contributed by atoms with Gasteiger partial charge in [0.1, 0.15) is 16.6 Å². The molecular weight excluding hydrogens is 391 g/mol. The maximum atomic E-state index is 12.7. The number of aromatic nitrogens is 1. The Balaban J connectivity index is 1.83. The van der Waals surface area contributed by atoms with Gasteiger partial charge in [0.2, 0.25) is 0 Å². The van der Waals surface area contributed by atoms with Gasteiger partial charge in [0.15, 0.2) is 0 Å².